The summed E-state index contributed by atoms with van der Waals surface area (Å²) in [5.41, 5.74) is 3.05. The van der Waals surface area contributed by atoms with Gasteiger partial charge in [-0.1, -0.05) is 23.9 Å². The van der Waals surface area contributed by atoms with Gasteiger partial charge in [-0.2, -0.15) is 0 Å². The largest absolute Gasteiger partial charge is 0.313 e. The Labute approximate surface area is 123 Å². The molecule has 0 saturated heterocycles. The number of benzene rings is 1. The molecule has 0 spiro atoms. The van der Waals surface area contributed by atoms with Crippen molar-refractivity contribution in [2.45, 2.75) is 36.7 Å². The van der Waals surface area contributed by atoms with Crippen molar-refractivity contribution >= 4 is 11.8 Å². The molecule has 2 aromatic rings. The van der Waals surface area contributed by atoms with Crippen LogP contribution in [0.5, 0.6) is 0 Å². The van der Waals surface area contributed by atoms with Crippen molar-refractivity contribution in [3.63, 3.8) is 0 Å². The molecule has 106 valence electrons. The molecule has 1 N–H and O–H groups in total. The Morgan fingerprint density at radius 2 is 2.00 bits per heavy atom. The second-order valence-corrected chi connectivity index (χ2v) is 5.93. The Balaban J connectivity index is 2.42. The molecule has 1 unspecified atom stereocenters. The lowest BCUT2D eigenvalue weighted by atomic mass is 10.1. The highest BCUT2D eigenvalue weighted by Gasteiger charge is 2.15. The number of aryl methyl sites for hydroxylation is 2. The van der Waals surface area contributed by atoms with Crippen molar-refractivity contribution in [2.24, 2.45) is 0 Å². The highest BCUT2D eigenvalue weighted by molar-refractivity contribution is 7.99. The summed E-state index contributed by atoms with van der Waals surface area (Å²) in [4.78, 5) is 5.12. The van der Waals surface area contributed by atoms with Crippen LogP contribution in [0.4, 0.5) is 4.39 Å². The lowest BCUT2D eigenvalue weighted by Crippen LogP contribution is -2.13. The number of rotatable bonds is 4. The highest BCUT2D eigenvalue weighted by atomic mass is 32.2. The minimum absolute atomic E-state index is 0.0964. The maximum atomic E-state index is 14.2. The quantitative estimate of drug-likeness (QED) is 0.910. The molecule has 1 atom stereocenters. The van der Waals surface area contributed by atoms with Gasteiger partial charge in [-0.3, -0.25) is 0 Å². The second-order valence-electron chi connectivity index (χ2n) is 4.89. The molecule has 0 amide bonds. The first-order valence-electron chi connectivity index (χ1n) is 6.60. The molecule has 0 bridgehead atoms. The van der Waals surface area contributed by atoms with E-state index in [1.54, 1.807) is 6.07 Å². The SMILES string of the molecule is CNC(C)c1cccc(F)c1Sc1cc(C)cc(C)n1. The fourth-order valence-electron chi connectivity index (χ4n) is 2.09. The Morgan fingerprint density at radius 1 is 1.25 bits per heavy atom. The number of nitrogens with zero attached hydrogens (tertiary/aromatic N) is 1. The van der Waals surface area contributed by atoms with Gasteiger partial charge in [-0.05, 0) is 57.1 Å². The van der Waals surface area contributed by atoms with Crippen molar-refractivity contribution in [2.75, 3.05) is 7.05 Å². The molecule has 2 rings (SSSR count). The van der Waals surface area contributed by atoms with Gasteiger partial charge in [0.1, 0.15) is 10.8 Å². The topological polar surface area (TPSA) is 24.9 Å². The zero-order valence-electron chi connectivity index (χ0n) is 12.2. The third-order valence-electron chi connectivity index (χ3n) is 3.18. The molecule has 0 saturated carbocycles. The second kappa shape index (κ2) is 6.37. The van der Waals surface area contributed by atoms with Gasteiger partial charge in [0.25, 0.3) is 0 Å². The minimum atomic E-state index is -0.199. The van der Waals surface area contributed by atoms with Crippen LogP contribution in [-0.2, 0) is 0 Å². The molecule has 1 aromatic heterocycles. The van der Waals surface area contributed by atoms with Crippen LogP contribution in [-0.4, -0.2) is 12.0 Å². The summed E-state index contributed by atoms with van der Waals surface area (Å²) in [7, 11) is 1.87. The highest BCUT2D eigenvalue weighted by Crippen LogP contribution is 2.34. The average Bonchev–Trinajstić information content (AvgIpc) is 2.39. The molecule has 4 heteroatoms. The summed E-state index contributed by atoms with van der Waals surface area (Å²) < 4.78 is 14.2. The fraction of sp³-hybridized carbons (Fsp3) is 0.312. The fourth-order valence-corrected chi connectivity index (χ4v) is 3.26. The number of pyridine rings is 1. The molecule has 1 aromatic carbocycles. The van der Waals surface area contributed by atoms with Crippen LogP contribution in [0.25, 0.3) is 0 Å². The number of halogens is 1. The van der Waals surface area contributed by atoms with E-state index in [2.05, 4.69) is 10.3 Å². The van der Waals surface area contributed by atoms with Gasteiger partial charge in [-0.25, -0.2) is 9.37 Å². The minimum Gasteiger partial charge on any atom is -0.313 e. The third-order valence-corrected chi connectivity index (χ3v) is 4.23. The number of hydrogen-bond donors (Lipinski definition) is 1. The monoisotopic (exact) mass is 290 g/mol. The van der Waals surface area contributed by atoms with Crippen LogP contribution in [0.15, 0.2) is 40.3 Å². The normalized spacial score (nSPS) is 12.4. The summed E-state index contributed by atoms with van der Waals surface area (Å²) in [5.74, 6) is -0.199. The molecule has 2 nitrogen and oxygen atoms in total. The molecule has 0 aliphatic rings. The standard InChI is InChI=1S/C16H19FN2S/c1-10-8-11(2)19-15(9-10)20-16-13(12(3)18-4)6-5-7-14(16)17/h5-9,12,18H,1-4H3. The van der Waals surface area contributed by atoms with Crippen molar-refractivity contribution in [1.29, 1.82) is 0 Å². The predicted molar refractivity (Wildman–Crippen MR) is 81.7 cm³/mol. The Bertz CT molecular complexity index is 593. The van der Waals surface area contributed by atoms with Gasteiger partial charge >= 0.3 is 0 Å². The van der Waals surface area contributed by atoms with Crippen molar-refractivity contribution in [1.82, 2.24) is 10.3 Å². The summed E-state index contributed by atoms with van der Waals surface area (Å²) in [5, 5.41) is 3.99. The average molecular weight is 290 g/mol. The first kappa shape index (κ1) is 15.0. The molecule has 0 aliphatic carbocycles. The predicted octanol–water partition coefficient (Wildman–Crippen LogP) is 4.27. The van der Waals surface area contributed by atoms with Crippen LogP contribution < -0.4 is 5.32 Å². The first-order chi connectivity index (χ1) is 9.51. The lowest BCUT2D eigenvalue weighted by molar-refractivity contribution is 0.575. The number of hydrogen-bond acceptors (Lipinski definition) is 3. The van der Waals surface area contributed by atoms with Crippen LogP contribution in [0, 0.1) is 19.7 Å². The maximum Gasteiger partial charge on any atom is 0.137 e. The van der Waals surface area contributed by atoms with Crippen molar-refractivity contribution < 1.29 is 4.39 Å². The van der Waals surface area contributed by atoms with Gasteiger partial charge in [0.05, 0.1) is 4.90 Å². The Hall–Kier alpha value is -1.39. The molecular formula is C16H19FN2S. The molecule has 0 radical (unpaired) electrons. The van der Waals surface area contributed by atoms with Crippen LogP contribution >= 0.6 is 11.8 Å². The van der Waals surface area contributed by atoms with Crippen molar-refractivity contribution in [3.05, 3.63) is 53.0 Å². The van der Waals surface area contributed by atoms with Gasteiger partial charge < -0.3 is 5.32 Å². The van der Waals surface area contributed by atoms with E-state index < -0.39 is 0 Å². The summed E-state index contributed by atoms with van der Waals surface area (Å²) in [6.07, 6.45) is 0. The Morgan fingerprint density at radius 3 is 2.65 bits per heavy atom. The van der Waals surface area contributed by atoms with E-state index in [0.29, 0.717) is 4.90 Å². The van der Waals surface area contributed by atoms with E-state index in [1.165, 1.54) is 17.8 Å². The zero-order chi connectivity index (χ0) is 14.7. The van der Waals surface area contributed by atoms with Gasteiger partial charge in [-0.15, -0.1) is 0 Å². The van der Waals surface area contributed by atoms with E-state index in [0.717, 1.165) is 21.8 Å². The van der Waals surface area contributed by atoms with Crippen LogP contribution in [0.1, 0.15) is 29.8 Å². The summed E-state index contributed by atoms with van der Waals surface area (Å²) >= 11 is 1.39. The van der Waals surface area contributed by atoms with Gasteiger partial charge in [0.15, 0.2) is 0 Å². The first-order valence-corrected chi connectivity index (χ1v) is 7.41. The zero-order valence-corrected chi connectivity index (χ0v) is 13.0. The number of aromatic nitrogens is 1. The van der Waals surface area contributed by atoms with E-state index in [9.17, 15) is 4.39 Å². The molecule has 0 fully saturated rings. The van der Waals surface area contributed by atoms with Crippen LogP contribution in [0.3, 0.4) is 0 Å². The van der Waals surface area contributed by atoms with E-state index >= 15 is 0 Å². The maximum absolute atomic E-state index is 14.2. The summed E-state index contributed by atoms with van der Waals surface area (Å²) in [6, 6.07) is 9.29. The van der Waals surface area contributed by atoms with Crippen LogP contribution in [0.2, 0.25) is 0 Å². The molecule has 1 heterocycles. The lowest BCUT2D eigenvalue weighted by Gasteiger charge is -2.16. The third kappa shape index (κ3) is 3.38. The molecular weight excluding hydrogens is 271 g/mol. The van der Waals surface area contributed by atoms with Gasteiger partial charge in [0, 0.05) is 11.7 Å². The Kier molecular flexibility index (Phi) is 4.78. The van der Waals surface area contributed by atoms with E-state index in [1.807, 2.05) is 46.0 Å². The van der Waals surface area contributed by atoms with E-state index in [4.69, 9.17) is 0 Å². The summed E-state index contributed by atoms with van der Waals surface area (Å²) in [6.45, 7) is 6.00. The number of nitrogens with one attached hydrogen (secondary N) is 1. The van der Waals surface area contributed by atoms with E-state index in [-0.39, 0.29) is 11.9 Å². The molecule has 0 aliphatic heterocycles. The van der Waals surface area contributed by atoms with Gasteiger partial charge in [0.2, 0.25) is 0 Å². The smallest absolute Gasteiger partial charge is 0.137 e. The van der Waals surface area contributed by atoms with Crippen molar-refractivity contribution in [3.8, 4) is 0 Å². The molecule has 20 heavy (non-hydrogen) atoms.